The van der Waals surface area contributed by atoms with E-state index in [1.165, 1.54) is 0 Å². The predicted octanol–water partition coefficient (Wildman–Crippen LogP) is 4.95. The van der Waals surface area contributed by atoms with Crippen LogP contribution in [0.25, 0.3) is 16.6 Å². The third-order valence-electron chi connectivity index (χ3n) is 6.59. The average Bonchev–Trinajstić information content (AvgIpc) is 3.23. The SMILES string of the molecule is COc1ccccc1NC(=O)C1CCN(c2nnc(C)c3c(C)n(-c4ccc(Cl)cc4)nc23)CC1. The summed E-state index contributed by atoms with van der Waals surface area (Å²) in [5.41, 5.74) is 4.29. The molecule has 1 N–H and O–H groups in total. The maximum absolute atomic E-state index is 12.9. The normalized spacial score (nSPS) is 14.3. The van der Waals surface area contributed by atoms with E-state index in [2.05, 4.69) is 20.4 Å². The Labute approximate surface area is 208 Å². The van der Waals surface area contributed by atoms with E-state index in [0.717, 1.165) is 46.6 Å². The lowest BCUT2D eigenvalue weighted by atomic mass is 9.95. The molecule has 0 saturated carbocycles. The quantitative estimate of drug-likeness (QED) is 0.426. The Hall–Kier alpha value is -3.65. The first kappa shape index (κ1) is 23.1. The molecule has 1 aliphatic rings. The summed E-state index contributed by atoms with van der Waals surface area (Å²) in [5.74, 6) is 1.34. The van der Waals surface area contributed by atoms with Crippen molar-refractivity contribution in [2.24, 2.45) is 5.92 Å². The molecule has 0 bridgehead atoms. The van der Waals surface area contributed by atoms with Gasteiger partial charge in [0.05, 0.1) is 35.3 Å². The molecule has 0 atom stereocenters. The summed E-state index contributed by atoms with van der Waals surface area (Å²) in [5, 5.41) is 18.6. The number of methoxy groups -OCH3 is 1. The van der Waals surface area contributed by atoms with Crippen LogP contribution in [0.15, 0.2) is 48.5 Å². The molecule has 3 heterocycles. The highest BCUT2D eigenvalue weighted by atomic mass is 35.5. The highest BCUT2D eigenvalue weighted by Gasteiger charge is 2.28. The zero-order chi connectivity index (χ0) is 24.5. The van der Waals surface area contributed by atoms with Crippen LogP contribution in [0.1, 0.15) is 24.2 Å². The summed E-state index contributed by atoms with van der Waals surface area (Å²) in [7, 11) is 1.60. The zero-order valence-corrected chi connectivity index (χ0v) is 20.7. The van der Waals surface area contributed by atoms with E-state index in [4.69, 9.17) is 21.4 Å². The van der Waals surface area contributed by atoms with Gasteiger partial charge in [0.2, 0.25) is 5.91 Å². The van der Waals surface area contributed by atoms with Gasteiger partial charge in [-0.05, 0) is 63.1 Å². The lowest BCUT2D eigenvalue weighted by molar-refractivity contribution is -0.120. The molecule has 0 unspecified atom stereocenters. The first-order valence-electron chi connectivity index (χ1n) is 11.6. The molecule has 2 aromatic heterocycles. The molecule has 9 heteroatoms. The maximum Gasteiger partial charge on any atom is 0.227 e. The van der Waals surface area contributed by atoms with Gasteiger partial charge >= 0.3 is 0 Å². The van der Waals surface area contributed by atoms with Crippen LogP contribution in [-0.2, 0) is 4.79 Å². The number of ether oxygens (including phenoxy) is 1. The van der Waals surface area contributed by atoms with Gasteiger partial charge in [0.25, 0.3) is 0 Å². The van der Waals surface area contributed by atoms with Gasteiger partial charge < -0.3 is 15.0 Å². The molecule has 8 nitrogen and oxygen atoms in total. The third kappa shape index (κ3) is 4.41. The average molecular weight is 491 g/mol. The van der Waals surface area contributed by atoms with Crippen LogP contribution in [0, 0.1) is 19.8 Å². The summed E-state index contributed by atoms with van der Waals surface area (Å²) in [4.78, 5) is 15.1. The zero-order valence-electron chi connectivity index (χ0n) is 20.0. The predicted molar refractivity (Wildman–Crippen MR) is 138 cm³/mol. The monoisotopic (exact) mass is 490 g/mol. The van der Waals surface area contributed by atoms with Gasteiger partial charge in [-0.3, -0.25) is 4.79 Å². The molecule has 1 amide bonds. The number of rotatable bonds is 5. The fraction of sp³-hybridized carbons (Fsp3) is 0.308. The molecule has 1 aliphatic heterocycles. The number of carbonyl (C=O) groups is 1. The van der Waals surface area contributed by atoms with Crippen LogP contribution in [-0.4, -0.2) is 46.1 Å². The molecule has 2 aromatic carbocycles. The smallest absolute Gasteiger partial charge is 0.227 e. The number of benzene rings is 2. The van der Waals surface area contributed by atoms with Gasteiger partial charge in [-0.2, -0.15) is 10.2 Å². The van der Waals surface area contributed by atoms with Crippen LogP contribution >= 0.6 is 11.6 Å². The van der Waals surface area contributed by atoms with E-state index >= 15 is 0 Å². The number of carbonyl (C=O) groups excluding carboxylic acids is 1. The minimum absolute atomic E-state index is 0.0112. The number of nitrogens with one attached hydrogen (secondary N) is 1. The van der Waals surface area contributed by atoms with Gasteiger partial charge in [-0.1, -0.05) is 23.7 Å². The number of amides is 1. The molecule has 1 fully saturated rings. The third-order valence-corrected chi connectivity index (χ3v) is 6.84. The van der Waals surface area contributed by atoms with Crippen molar-refractivity contribution in [3.8, 4) is 11.4 Å². The van der Waals surface area contributed by atoms with Crippen molar-refractivity contribution in [3.63, 3.8) is 0 Å². The number of nitrogens with zero attached hydrogens (tertiary/aromatic N) is 5. The van der Waals surface area contributed by atoms with Gasteiger partial charge in [-0.25, -0.2) is 4.68 Å². The number of aryl methyl sites for hydroxylation is 2. The van der Waals surface area contributed by atoms with E-state index in [9.17, 15) is 4.79 Å². The van der Waals surface area contributed by atoms with Crippen molar-refractivity contribution < 1.29 is 9.53 Å². The summed E-state index contributed by atoms with van der Waals surface area (Å²) >= 11 is 6.07. The molecule has 180 valence electrons. The summed E-state index contributed by atoms with van der Waals surface area (Å²) in [6.07, 6.45) is 1.43. The molecule has 4 aromatic rings. The molecule has 5 rings (SSSR count). The minimum Gasteiger partial charge on any atom is -0.495 e. The first-order valence-corrected chi connectivity index (χ1v) is 12.0. The van der Waals surface area contributed by atoms with Gasteiger partial charge in [0.1, 0.15) is 11.3 Å². The van der Waals surface area contributed by atoms with Crippen molar-refractivity contribution in [2.75, 3.05) is 30.4 Å². The molecule has 0 radical (unpaired) electrons. The Bertz CT molecular complexity index is 1380. The van der Waals surface area contributed by atoms with E-state index < -0.39 is 0 Å². The second kappa shape index (κ2) is 9.54. The van der Waals surface area contributed by atoms with E-state index in [1.807, 2.05) is 67.1 Å². The van der Waals surface area contributed by atoms with Crippen molar-refractivity contribution in [2.45, 2.75) is 26.7 Å². The number of hydrogen-bond acceptors (Lipinski definition) is 6. The maximum atomic E-state index is 12.9. The number of piperidine rings is 1. The lowest BCUT2D eigenvalue weighted by Gasteiger charge is -2.32. The van der Waals surface area contributed by atoms with Crippen LogP contribution in [0.2, 0.25) is 5.02 Å². The lowest BCUT2D eigenvalue weighted by Crippen LogP contribution is -2.38. The molecular weight excluding hydrogens is 464 g/mol. The Morgan fingerprint density at radius 3 is 2.49 bits per heavy atom. The number of hydrogen-bond donors (Lipinski definition) is 1. The molecule has 0 aliphatic carbocycles. The van der Waals surface area contributed by atoms with Crippen molar-refractivity contribution >= 4 is 39.9 Å². The summed E-state index contributed by atoms with van der Waals surface area (Å²) in [6.45, 7) is 5.39. The number of aromatic nitrogens is 4. The van der Waals surface area contributed by atoms with Gasteiger partial charge in [-0.15, -0.1) is 5.10 Å². The Morgan fingerprint density at radius 1 is 1.06 bits per heavy atom. The van der Waals surface area contributed by atoms with E-state index in [1.54, 1.807) is 7.11 Å². The van der Waals surface area contributed by atoms with Crippen LogP contribution in [0.4, 0.5) is 11.5 Å². The second-order valence-corrected chi connectivity index (χ2v) is 9.19. The summed E-state index contributed by atoms with van der Waals surface area (Å²) in [6, 6.07) is 15.1. The Morgan fingerprint density at radius 2 is 1.77 bits per heavy atom. The Kier molecular flexibility index (Phi) is 6.30. The second-order valence-electron chi connectivity index (χ2n) is 8.76. The van der Waals surface area contributed by atoms with Crippen molar-refractivity contribution in [1.29, 1.82) is 0 Å². The number of anilines is 2. The topological polar surface area (TPSA) is 85.2 Å². The van der Waals surface area contributed by atoms with Crippen molar-refractivity contribution in [3.05, 3.63) is 64.9 Å². The van der Waals surface area contributed by atoms with Gasteiger partial charge in [0.15, 0.2) is 5.82 Å². The highest BCUT2D eigenvalue weighted by molar-refractivity contribution is 6.30. The van der Waals surface area contributed by atoms with Crippen LogP contribution in [0.3, 0.4) is 0 Å². The number of halogens is 1. The standard InChI is InChI=1S/C26H27ClN6O2/c1-16-23-17(2)33(20-10-8-19(27)9-11-20)31-24(23)25(30-29-16)32-14-12-18(13-15-32)26(34)28-21-6-4-5-7-22(21)35-3/h4-11,18H,12-15H2,1-3H3,(H,28,34). The molecule has 0 spiro atoms. The number of para-hydroxylation sites is 2. The van der Waals surface area contributed by atoms with E-state index in [-0.39, 0.29) is 11.8 Å². The minimum atomic E-state index is -0.0848. The van der Waals surface area contributed by atoms with Gasteiger partial charge in [0, 0.05) is 24.0 Å². The molecule has 35 heavy (non-hydrogen) atoms. The fourth-order valence-corrected chi connectivity index (χ4v) is 4.82. The molecular formula is C26H27ClN6O2. The van der Waals surface area contributed by atoms with Crippen LogP contribution in [0.5, 0.6) is 5.75 Å². The first-order chi connectivity index (χ1) is 17.0. The highest BCUT2D eigenvalue weighted by Crippen LogP contribution is 2.32. The number of fused-ring (bicyclic) bond motifs is 1. The van der Waals surface area contributed by atoms with E-state index in [0.29, 0.717) is 29.5 Å². The van der Waals surface area contributed by atoms with Crippen LogP contribution < -0.4 is 15.0 Å². The largest absolute Gasteiger partial charge is 0.495 e. The Balaban J connectivity index is 1.36. The fourth-order valence-electron chi connectivity index (χ4n) is 4.69. The summed E-state index contributed by atoms with van der Waals surface area (Å²) < 4.78 is 7.27. The molecule has 1 saturated heterocycles. The van der Waals surface area contributed by atoms with Crippen molar-refractivity contribution in [1.82, 2.24) is 20.0 Å².